The monoisotopic (exact) mass is 270 g/mol. The second kappa shape index (κ2) is 5.75. The van der Waals surface area contributed by atoms with Crippen LogP contribution in [0.5, 0.6) is 0 Å². The molecule has 0 spiro atoms. The third kappa shape index (κ3) is 2.61. The van der Waals surface area contributed by atoms with Crippen molar-refractivity contribution in [1.82, 2.24) is 19.9 Å². The van der Waals surface area contributed by atoms with Crippen molar-refractivity contribution in [2.75, 3.05) is 0 Å². The molecule has 0 atom stereocenters. The standard InChI is InChI=1S/C16H22N4/c1-12(2)18-10-13-6-5-9-17-16(13)20-11-19-14-7-3-4-8-15(14)20/h5-6,9,11-12,18H,3-4,7-8,10H2,1-2H3. The lowest BCUT2D eigenvalue weighted by atomic mass is 10.0. The predicted molar refractivity (Wildman–Crippen MR) is 80.0 cm³/mol. The fraction of sp³-hybridized carbons (Fsp3) is 0.500. The lowest BCUT2D eigenvalue weighted by Gasteiger charge is -2.16. The van der Waals surface area contributed by atoms with Crippen molar-refractivity contribution in [3.8, 4) is 5.82 Å². The lowest BCUT2D eigenvalue weighted by molar-refractivity contribution is 0.585. The molecule has 0 unspecified atom stereocenters. The van der Waals surface area contributed by atoms with Crippen LogP contribution in [0, 0.1) is 0 Å². The summed E-state index contributed by atoms with van der Waals surface area (Å²) in [4.78, 5) is 9.16. The number of nitrogens with zero attached hydrogens (tertiary/aromatic N) is 3. The van der Waals surface area contributed by atoms with E-state index < -0.39 is 0 Å². The topological polar surface area (TPSA) is 42.7 Å². The van der Waals surface area contributed by atoms with E-state index in [1.165, 1.54) is 29.8 Å². The van der Waals surface area contributed by atoms with E-state index in [0.717, 1.165) is 25.2 Å². The van der Waals surface area contributed by atoms with Crippen LogP contribution < -0.4 is 5.32 Å². The van der Waals surface area contributed by atoms with Crippen LogP contribution in [0.3, 0.4) is 0 Å². The van der Waals surface area contributed by atoms with Gasteiger partial charge in [-0.05, 0) is 31.7 Å². The SMILES string of the molecule is CC(C)NCc1cccnc1-n1cnc2c1CCCC2. The van der Waals surface area contributed by atoms with Gasteiger partial charge in [0.2, 0.25) is 0 Å². The van der Waals surface area contributed by atoms with Crippen LogP contribution >= 0.6 is 0 Å². The molecule has 2 aromatic rings. The molecule has 0 bridgehead atoms. The number of aryl methyl sites for hydroxylation is 1. The quantitative estimate of drug-likeness (QED) is 0.928. The number of imidazole rings is 1. The fourth-order valence-corrected chi connectivity index (χ4v) is 2.75. The highest BCUT2D eigenvalue weighted by molar-refractivity contribution is 5.37. The van der Waals surface area contributed by atoms with Gasteiger partial charge in [0.1, 0.15) is 12.1 Å². The summed E-state index contributed by atoms with van der Waals surface area (Å²) >= 11 is 0. The Hall–Kier alpha value is -1.68. The second-order valence-electron chi connectivity index (χ2n) is 5.74. The van der Waals surface area contributed by atoms with E-state index in [1.54, 1.807) is 0 Å². The Balaban J connectivity index is 1.95. The van der Waals surface area contributed by atoms with E-state index in [4.69, 9.17) is 0 Å². The minimum atomic E-state index is 0.472. The van der Waals surface area contributed by atoms with Crippen molar-refractivity contribution >= 4 is 0 Å². The molecule has 0 saturated carbocycles. The number of aromatic nitrogens is 3. The maximum absolute atomic E-state index is 4.59. The molecule has 0 amide bonds. The Kier molecular flexibility index (Phi) is 3.83. The average molecular weight is 270 g/mol. The molecule has 0 aliphatic heterocycles. The van der Waals surface area contributed by atoms with Crippen molar-refractivity contribution in [2.24, 2.45) is 0 Å². The average Bonchev–Trinajstić information content (AvgIpc) is 2.89. The summed E-state index contributed by atoms with van der Waals surface area (Å²) in [5.41, 5.74) is 3.83. The molecule has 106 valence electrons. The van der Waals surface area contributed by atoms with E-state index in [1.807, 2.05) is 18.6 Å². The van der Waals surface area contributed by atoms with Gasteiger partial charge in [0.15, 0.2) is 0 Å². The van der Waals surface area contributed by atoms with Gasteiger partial charge in [-0.25, -0.2) is 9.97 Å². The van der Waals surface area contributed by atoms with Crippen molar-refractivity contribution in [2.45, 2.75) is 52.1 Å². The highest BCUT2D eigenvalue weighted by atomic mass is 15.1. The smallest absolute Gasteiger partial charge is 0.142 e. The summed E-state index contributed by atoms with van der Waals surface area (Å²) in [7, 11) is 0. The van der Waals surface area contributed by atoms with Gasteiger partial charge >= 0.3 is 0 Å². The van der Waals surface area contributed by atoms with Gasteiger partial charge in [-0.3, -0.25) is 4.57 Å². The zero-order valence-electron chi connectivity index (χ0n) is 12.3. The van der Waals surface area contributed by atoms with Crippen molar-refractivity contribution in [3.63, 3.8) is 0 Å². The Morgan fingerprint density at radius 1 is 1.25 bits per heavy atom. The molecular formula is C16H22N4. The minimum Gasteiger partial charge on any atom is -0.310 e. The summed E-state index contributed by atoms with van der Waals surface area (Å²) in [5.74, 6) is 1.02. The largest absolute Gasteiger partial charge is 0.310 e. The Morgan fingerprint density at radius 2 is 2.10 bits per heavy atom. The van der Waals surface area contributed by atoms with Crippen LogP contribution in [0.25, 0.3) is 5.82 Å². The molecular weight excluding hydrogens is 248 g/mol. The number of fused-ring (bicyclic) bond motifs is 1. The first-order valence-corrected chi connectivity index (χ1v) is 7.48. The minimum absolute atomic E-state index is 0.472. The first kappa shape index (κ1) is 13.3. The van der Waals surface area contributed by atoms with Gasteiger partial charge in [-0.2, -0.15) is 0 Å². The van der Waals surface area contributed by atoms with Gasteiger partial charge in [-0.1, -0.05) is 19.9 Å². The molecule has 20 heavy (non-hydrogen) atoms. The zero-order chi connectivity index (χ0) is 13.9. The molecule has 2 aromatic heterocycles. The summed E-state index contributed by atoms with van der Waals surface area (Å²) < 4.78 is 2.19. The van der Waals surface area contributed by atoms with E-state index in [9.17, 15) is 0 Å². The summed E-state index contributed by atoms with van der Waals surface area (Å²) in [5, 5.41) is 3.47. The Bertz CT molecular complexity index is 586. The first-order valence-electron chi connectivity index (χ1n) is 7.48. The van der Waals surface area contributed by atoms with Crippen LogP contribution in [0.4, 0.5) is 0 Å². The second-order valence-corrected chi connectivity index (χ2v) is 5.74. The number of rotatable bonds is 4. The van der Waals surface area contributed by atoms with Crippen molar-refractivity contribution in [3.05, 3.63) is 41.6 Å². The molecule has 4 heteroatoms. The molecule has 3 rings (SSSR count). The zero-order valence-corrected chi connectivity index (χ0v) is 12.3. The Labute approximate surface area is 120 Å². The van der Waals surface area contributed by atoms with Crippen molar-refractivity contribution in [1.29, 1.82) is 0 Å². The highest BCUT2D eigenvalue weighted by Crippen LogP contribution is 2.23. The molecule has 0 radical (unpaired) electrons. The lowest BCUT2D eigenvalue weighted by Crippen LogP contribution is -2.23. The van der Waals surface area contributed by atoms with E-state index >= 15 is 0 Å². The van der Waals surface area contributed by atoms with Gasteiger partial charge in [0, 0.05) is 30.0 Å². The Morgan fingerprint density at radius 3 is 2.95 bits per heavy atom. The fourth-order valence-electron chi connectivity index (χ4n) is 2.75. The third-order valence-corrected chi connectivity index (χ3v) is 3.83. The van der Waals surface area contributed by atoms with Gasteiger partial charge in [-0.15, -0.1) is 0 Å². The van der Waals surface area contributed by atoms with Gasteiger partial charge < -0.3 is 5.32 Å². The number of pyridine rings is 1. The molecule has 2 heterocycles. The van der Waals surface area contributed by atoms with E-state index in [2.05, 4.69) is 39.8 Å². The number of nitrogens with one attached hydrogen (secondary N) is 1. The molecule has 0 saturated heterocycles. The van der Waals surface area contributed by atoms with Gasteiger partial charge in [0.05, 0.1) is 5.69 Å². The molecule has 1 aliphatic carbocycles. The predicted octanol–water partition coefficient (Wildman–Crippen LogP) is 2.64. The van der Waals surface area contributed by atoms with E-state index in [-0.39, 0.29) is 0 Å². The number of hydrogen-bond acceptors (Lipinski definition) is 3. The maximum Gasteiger partial charge on any atom is 0.142 e. The van der Waals surface area contributed by atoms with Crippen LogP contribution in [0.15, 0.2) is 24.7 Å². The molecule has 0 fully saturated rings. The van der Waals surface area contributed by atoms with Gasteiger partial charge in [0.25, 0.3) is 0 Å². The number of hydrogen-bond donors (Lipinski definition) is 1. The summed E-state index contributed by atoms with van der Waals surface area (Å²) in [6.45, 7) is 5.16. The van der Waals surface area contributed by atoms with Crippen molar-refractivity contribution < 1.29 is 0 Å². The van der Waals surface area contributed by atoms with Crippen LogP contribution in [0.2, 0.25) is 0 Å². The summed E-state index contributed by atoms with van der Waals surface area (Å²) in [6, 6.07) is 4.62. The van der Waals surface area contributed by atoms with Crippen LogP contribution in [-0.4, -0.2) is 20.6 Å². The maximum atomic E-state index is 4.59. The van der Waals surface area contributed by atoms with Crippen LogP contribution in [-0.2, 0) is 19.4 Å². The molecule has 4 nitrogen and oxygen atoms in total. The van der Waals surface area contributed by atoms with E-state index in [0.29, 0.717) is 6.04 Å². The molecule has 0 aromatic carbocycles. The first-order chi connectivity index (χ1) is 9.75. The summed E-state index contributed by atoms with van der Waals surface area (Å²) in [6.07, 6.45) is 8.54. The van der Waals surface area contributed by atoms with Crippen LogP contribution in [0.1, 0.15) is 43.6 Å². The third-order valence-electron chi connectivity index (χ3n) is 3.83. The normalized spacial score (nSPS) is 14.6. The highest BCUT2D eigenvalue weighted by Gasteiger charge is 2.18. The molecule has 1 aliphatic rings. The molecule has 1 N–H and O–H groups in total.